The lowest BCUT2D eigenvalue weighted by atomic mass is 10.2. The highest BCUT2D eigenvalue weighted by atomic mass is 32.1. The van der Waals surface area contributed by atoms with Crippen LogP contribution in [-0.2, 0) is 0 Å². The van der Waals surface area contributed by atoms with Crippen molar-refractivity contribution in [3.8, 4) is 0 Å². The van der Waals surface area contributed by atoms with Gasteiger partial charge in [0.1, 0.15) is 4.88 Å². The standard InChI is InChI=1S/C8H4O4S2/c9-7(10)5-3-1-13-2-4(3)14-6(5)8(11)12/h1-2H,(H,9,10)(H,11,12). The van der Waals surface area contributed by atoms with Crippen LogP contribution in [0.1, 0.15) is 20.0 Å². The van der Waals surface area contributed by atoms with E-state index in [1.165, 1.54) is 11.3 Å². The highest BCUT2D eigenvalue weighted by molar-refractivity contribution is 7.24. The number of carboxylic acid groups (broad SMARTS) is 2. The number of carbonyl (C=O) groups is 2. The Morgan fingerprint density at radius 2 is 1.86 bits per heavy atom. The van der Waals surface area contributed by atoms with E-state index in [0.29, 0.717) is 10.1 Å². The topological polar surface area (TPSA) is 74.6 Å². The van der Waals surface area contributed by atoms with Crippen LogP contribution >= 0.6 is 22.7 Å². The predicted octanol–water partition coefficient (Wildman–Crippen LogP) is 2.36. The number of hydrogen-bond acceptors (Lipinski definition) is 4. The number of fused-ring (bicyclic) bond motifs is 1. The van der Waals surface area contributed by atoms with Crippen molar-refractivity contribution in [2.24, 2.45) is 0 Å². The maximum atomic E-state index is 10.8. The average molecular weight is 228 g/mol. The van der Waals surface area contributed by atoms with Crippen molar-refractivity contribution in [2.45, 2.75) is 0 Å². The lowest BCUT2D eigenvalue weighted by Crippen LogP contribution is -2.03. The molecule has 0 unspecified atom stereocenters. The van der Waals surface area contributed by atoms with Crippen LogP contribution in [0.4, 0.5) is 0 Å². The fraction of sp³-hybridized carbons (Fsp3) is 0. The van der Waals surface area contributed by atoms with E-state index in [4.69, 9.17) is 10.2 Å². The van der Waals surface area contributed by atoms with Gasteiger partial charge in [-0.05, 0) is 0 Å². The molecule has 0 spiro atoms. The summed E-state index contributed by atoms with van der Waals surface area (Å²) in [5, 5.41) is 21.6. The van der Waals surface area contributed by atoms with Gasteiger partial charge in [-0.15, -0.1) is 11.3 Å². The van der Waals surface area contributed by atoms with Crippen LogP contribution in [-0.4, -0.2) is 22.2 Å². The molecule has 14 heavy (non-hydrogen) atoms. The van der Waals surface area contributed by atoms with Gasteiger partial charge in [0.05, 0.1) is 5.56 Å². The van der Waals surface area contributed by atoms with Gasteiger partial charge in [-0.1, -0.05) is 0 Å². The summed E-state index contributed by atoms with van der Waals surface area (Å²) in [6.07, 6.45) is 0. The number of carboxylic acids is 2. The lowest BCUT2D eigenvalue weighted by Gasteiger charge is -1.91. The van der Waals surface area contributed by atoms with Gasteiger partial charge in [-0.3, -0.25) is 0 Å². The number of aromatic carboxylic acids is 2. The molecule has 0 atom stereocenters. The van der Waals surface area contributed by atoms with Gasteiger partial charge in [-0.25, -0.2) is 9.59 Å². The van der Waals surface area contributed by atoms with E-state index in [0.717, 1.165) is 11.3 Å². The molecule has 2 rings (SSSR count). The summed E-state index contributed by atoms with van der Waals surface area (Å²) in [5.41, 5.74) is -0.0984. The van der Waals surface area contributed by atoms with Crippen molar-refractivity contribution < 1.29 is 19.8 Å². The molecule has 72 valence electrons. The SMILES string of the molecule is O=C(O)c1sc2cscc2c1C(=O)O. The molecule has 4 nitrogen and oxygen atoms in total. The van der Waals surface area contributed by atoms with Gasteiger partial charge < -0.3 is 10.2 Å². The molecule has 2 N–H and O–H groups in total. The number of hydrogen-bond donors (Lipinski definition) is 2. The monoisotopic (exact) mass is 228 g/mol. The molecular formula is C8H4O4S2. The summed E-state index contributed by atoms with van der Waals surface area (Å²) < 4.78 is 0.713. The Bertz CT molecular complexity index is 522. The molecule has 2 aromatic heterocycles. The van der Waals surface area contributed by atoms with Crippen LogP contribution in [0.3, 0.4) is 0 Å². The van der Waals surface area contributed by atoms with Crippen LogP contribution in [0, 0.1) is 0 Å². The third-order valence-corrected chi connectivity index (χ3v) is 3.78. The Kier molecular flexibility index (Phi) is 2.01. The Morgan fingerprint density at radius 1 is 1.14 bits per heavy atom. The molecule has 0 aliphatic rings. The van der Waals surface area contributed by atoms with E-state index in [9.17, 15) is 9.59 Å². The maximum absolute atomic E-state index is 10.8. The normalized spacial score (nSPS) is 10.6. The van der Waals surface area contributed by atoms with E-state index in [1.807, 2.05) is 0 Å². The molecule has 0 aromatic carbocycles. The van der Waals surface area contributed by atoms with Crippen LogP contribution in [0.25, 0.3) is 10.1 Å². The largest absolute Gasteiger partial charge is 0.478 e. The summed E-state index contributed by atoms with van der Waals surface area (Å²) in [6, 6.07) is 0. The van der Waals surface area contributed by atoms with Crippen molar-refractivity contribution >= 4 is 44.7 Å². The lowest BCUT2D eigenvalue weighted by molar-refractivity contribution is 0.0657. The first-order chi connectivity index (χ1) is 6.61. The van der Waals surface area contributed by atoms with Crippen LogP contribution < -0.4 is 0 Å². The molecule has 0 aliphatic heterocycles. The molecule has 0 aliphatic carbocycles. The second kappa shape index (κ2) is 3.07. The zero-order valence-electron chi connectivity index (χ0n) is 6.68. The molecule has 0 saturated heterocycles. The van der Waals surface area contributed by atoms with Crippen molar-refractivity contribution in [1.82, 2.24) is 0 Å². The van der Waals surface area contributed by atoms with Crippen LogP contribution in [0.5, 0.6) is 0 Å². The van der Waals surface area contributed by atoms with E-state index < -0.39 is 11.9 Å². The minimum absolute atomic E-state index is 0.0984. The number of rotatable bonds is 2. The Balaban J connectivity index is 2.82. The average Bonchev–Trinajstić information content (AvgIpc) is 2.58. The minimum atomic E-state index is -1.19. The quantitative estimate of drug-likeness (QED) is 0.827. The van der Waals surface area contributed by atoms with E-state index in [2.05, 4.69) is 0 Å². The molecule has 0 radical (unpaired) electrons. The Morgan fingerprint density at radius 3 is 2.43 bits per heavy atom. The van der Waals surface area contributed by atoms with Gasteiger partial charge in [-0.2, -0.15) is 11.3 Å². The summed E-state index contributed by atoms with van der Waals surface area (Å²) >= 11 is 2.36. The molecule has 0 fully saturated rings. The van der Waals surface area contributed by atoms with Gasteiger partial charge in [0.15, 0.2) is 0 Å². The van der Waals surface area contributed by atoms with E-state index in [-0.39, 0.29) is 10.4 Å². The van der Waals surface area contributed by atoms with Gasteiger partial charge in [0, 0.05) is 20.8 Å². The van der Waals surface area contributed by atoms with Crippen molar-refractivity contribution in [1.29, 1.82) is 0 Å². The Labute approximate surface area is 86.0 Å². The van der Waals surface area contributed by atoms with Gasteiger partial charge >= 0.3 is 11.9 Å². The van der Waals surface area contributed by atoms with Crippen LogP contribution in [0.2, 0.25) is 0 Å². The summed E-state index contributed by atoms with van der Waals surface area (Å²) in [7, 11) is 0. The fourth-order valence-corrected chi connectivity index (χ4v) is 3.20. The smallest absolute Gasteiger partial charge is 0.346 e. The van der Waals surface area contributed by atoms with Crippen molar-refractivity contribution in [3.05, 3.63) is 21.2 Å². The zero-order chi connectivity index (χ0) is 10.3. The molecule has 6 heteroatoms. The molecule has 2 heterocycles. The highest BCUT2D eigenvalue weighted by Gasteiger charge is 2.23. The van der Waals surface area contributed by atoms with E-state index >= 15 is 0 Å². The summed E-state index contributed by atoms with van der Waals surface area (Å²) in [6.45, 7) is 0. The Hall–Kier alpha value is -1.40. The summed E-state index contributed by atoms with van der Waals surface area (Å²) in [4.78, 5) is 21.5. The minimum Gasteiger partial charge on any atom is -0.478 e. The zero-order valence-corrected chi connectivity index (χ0v) is 8.32. The highest BCUT2D eigenvalue weighted by Crippen LogP contribution is 2.33. The molecule has 2 aromatic rings. The summed E-state index contributed by atoms with van der Waals surface area (Å²) in [5.74, 6) is -2.37. The first-order valence-corrected chi connectivity index (χ1v) is 5.32. The predicted molar refractivity (Wildman–Crippen MR) is 53.6 cm³/mol. The molecule has 0 amide bonds. The first kappa shape index (κ1) is 9.17. The molecular weight excluding hydrogens is 224 g/mol. The van der Waals surface area contributed by atoms with Crippen molar-refractivity contribution in [2.75, 3.05) is 0 Å². The fourth-order valence-electron chi connectivity index (χ4n) is 1.19. The number of thiophene rings is 2. The third kappa shape index (κ3) is 1.19. The first-order valence-electron chi connectivity index (χ1n) is 3.56. The second-order valence-electron chi connectivity index (χ2n) is 2.57. The van der Waals surface area contributed by atoms with E-state index in [1.54, 1.807) is 10.8 Å². The van der Waals surface area contributed by atoms with Crippen molar-refractivity contribution in [3.63, 3.8) is 0 Å². The second-order valence-corrected chi connectivity index (χ2v) is 4.36. The van der Waals surface area contributed by atoms with Gasteiger partial charge in [0.2, 0.25) is 0 Å². The van der Waals surface area contributed by atoms with Gasteiger partial charge in [0.25, 0.3) is 0 Å². The maximum Gasteiger partial charge on any atom is 0.346 e. The van der Waals surface area contributed by atoms with Crippen LogP contribution in [0.15, 0.2) is 10.8 Å². The molecule has 0 bridgehead atoms. The third-order valence-electron chi connectivity index (χ3n) is 1.74. The molecule has 0 saturated carbocycles.